The monoisotopic (exact) mass is 464 g/mol. The molecule has 2 saturated heterocycles. The van der Waals surface area contributed by atoms with Crippen LogP contribution in [0.1, 0.15) is 61.3 Å². The summed E-state index contributed by atoms with van der Waals surface area (Å²) in [5.74, 6) is -0.931. The predicted molar refractivity (Wildman–Crippen MR) is 123 cm³/mol. The van der Waals surface area contributed by atoms with Gasteiger partial charge in [0.1, 0.15) is 0 Å². The van der Waals surface area contributed by atoms with Gasteiger partial charge in [-0.3, -0.25) is 9.59 Å². The van der Waals surface area contributed by atoms with Gasteiger partial charge in [0, 0.05) is 25.7 Å². The van der Waals surface area contributed by atoms with E-state index in [4.69, 9.17) is 4.74 Å². The van der Waals surface area contributed by atoms with E-state index in [0.717, 1.165) is 41.5 Å². The molecule has 1 unspecified atom stereocenters. The fourth-order valence-electron chi connectivity index (χ4n) is 4.83. The molecule has 0 bridgehead atoms. The fourth-order valence-corrected chi connectivity index (χ4v) is 6.88. The van der Waals surface area contributed by atoms with Crippen LogP contribution in [0.15, 0.2) is 11.0 Å². The summed E-state index contributed by atoms with van der Waals surface area (Å²) in [5, 5.41) is 0. The zero-order valence-electron chi connectivity index (χ0n) is 19.9. The number of ether oxygens (including phenoxy) is 1. The van der Waals surface area contributed by atoms with Crippen molar-refractivity contribution in [2.24, 2.45) is 5.92 Å². The van der Waals surface area contributed by atoms with E-state index in [1.165, 1.54) is 4.31 Å². The second kappa shape index (κ2) is 9.91. The molecule has 32 heavy (non-hydrogen) atoms. The highest BCUT2D eigenvalue weighted by Gasteiger charge is 2.35. The van der Waals surface area contributed by atoms with Crippen molar-refractivity contribution in [2.45, 2.75) is 77.7 Å². The van der Waals surface area contributed by atoms with Crippen LogP contribution in [0.3, 0.4) is 0 Å². The molecule has 1 amide bonds. The van der Waals surface area contributed by atoms with E-state index in [2.05, 4.69) is 0 Å². The van der Waals surface area contributed by atoms with Gasteiger partial charge in [-0.05, 0) is 89.0 Å². The quantitative estimate of drug-likeness (QED) is 0.625. The average Bonchev–Trinajstić information content (AvgIpc) is 2.76. The van der Waals surface area contributed by atoms with Crippen molar-refractivity contribution >= 4 is 21.9 Å². The van der Waals surface area contributed by atoms with Crippen LogP contribution in [-0.4, -0.2) is 61.8 Å². The maximum atomic E-state index is 13.4. The number of aryl methyl sites for hydroxylation is 2. The number of nitrogens with zero attached hydrogens (tertiary/aromatic N) is 2. The number of sulfonamides is 1. The van der Waals surface area contributed by atoms with Crippen LogP contribution in [-0.2, 0) is 24.3 Å². The second-order valence-corrected chi connectivity index (χ2v) is 11.2. The summed E-state index contributed by atoms with van der Waals surface area (Å²) < 4.78 is 33.6. The number of piperidine rings is 2. The second-order valence-electron chi connectivity index (χ2n) is 9.31. The van der Waals surface area contributed by atoms with Gasteiger partial charge in [0.15, 0.2) is 6.61 Å². The SMILES string of the molecule is Cc1cc(C)c(C)c(S(=O)(=O)N2CCC(C(=O)OCC(=O)N3CCCCC3C)CC2)c1C. The Labute approximate surface area is 192 Å². The number of hydrogen-bond acceptors (Lipinski definition) is 5. The van der Waals surface area contributed by atoms with Gasteiger partial charge in [0.05, 0.1) is 10.8 Å². The molecule has 3 rings (SSSR count). The summed E-state index contributed by atoms with van der Waals surface area (Å²) in [6, 6.07) is 2.19. The Morgan fingerprint density at radius 1 is 0.969 bits per heavy atom. The molecule has 7 nitrogen and oxygen atoms in total. The zero-order valence-corrected chi connectivity index (χ0v) is 20.8. The van der Waals surface area contributed by atoms with Gasteiger partial charge < -0.3 is 9.64 Å². The lowest BCUT2D eigenvalue weighted by atomic mass is 9.98. The molecule has 2 aliphatic heterocycles. The molecule has 2 fully saturated rings. The third-order valence-corrected chi connectivity index (χ3v) is 9.32. The minimum Gasteiger partial charge on any atom is -0.455 e. The van der Waals surface area contributed by atoms with E-state index in [1.54, 1.807) is 4.90 Å². The first-order chi connectivity index (χ1) is 15.0. The van der Waals surface area contributed by atoms with Crippen LogP contribution < -0.4 is 0 Å². The average molecular weight is 465 g/mol. The van der Waals surface area contributed by atoms with Crippen LogP contribution in [0.5, 0.6) is 0 Å². The molecule has 2 heterocycles. The van der Waals surface area contributed by atoms with E-state index < -0.39 is 16.0 Å². The first kappa shape index (κ1) is 24.7. The van der Waals surface area contributed by atoms with Crippen LogP contribution in [0.2, 0.25) is 0 Å². The summed E-state index contributed by atoms with van der Waals surface area (Å²) >= 11 is 0. The number of likely N-dealkylation sites (tertiary alicyclic amines) is 1. The van der Waals surface area contributed by atoms with Gasteiger partial charge in [0.2, 0.25) is 10.0 Å². The lowest BCUT2D eigenvalue weighted by Crippen LogP contribution is -2.45. The number of rotatable bonds is 5. The molecule has 0 saturated carbocycles. The molecule has 0 radical (unpaired) electrons. The van der Waals surface area contributed by atoms with Gasteiger partial charge in [-0.1, -0.05) is 6.07 Å². The smallest absolute Gasteiger partial charge is 0.309 e. The van der Waals surface area contributed by atoms with Crippen molar-refractivity contribution in [2.75, 3.05) is 26.2 Å². The highest BCUT2D eigenvalue weighted by atomic mass is 32.2. The number of hydrogen-bond donors (Lipinski definition) is 0. The van der Waals surface area contributed by atoms with E-state index in [1.807, 2.05) is 40.7 Å². The van der Waals surface area contributed by atoms with Crippen LogP contribution in [0, 0.1) is 33.6 Å². The molecule has 1 aromatic carbocycles. The minimum absolute atomic E-state index is 0.147. The van der Waals surface area contributed by atoms with Gasteiger partial charge >= 0.3 is 5.97 Å². The molecule has 0 N–H and O–H groups in total. The first-order valence-corrected chi connectivity index (χ1v) is 13.0. The summed E-state index contributed by atoms with van der Waals surface area (Å²) in [6.45, 7) is 10.6. The number of benzene rings is 1. The first-order valence-electron chi connectivity index (χ1n) is 11.6. The molecule has 8 heteroatoms. The lowest BCUT2D eigenvalue weighted by molar-refractivity contribution is -0.157. The molecule has 0 spiro atoms. The van der Waals surface area contributed by atoms with Crippen molar-refractivity contribution in [3.8, 4) is 0 Å². The Balaban J connectivity index is 1.59. The number of amides is 1. The van der Waals surface area contributed by atoms with Crippen molar-refractivity contribution in [3.63, 3.8) is 0 Å². The van der Waals surface area contributed by atoms with E-state index in [9.17, 15) is 18.0 Å². The maximum Gasteiger partial charge on any atom is 0.309 e. The van der Waals surface area contributed by atoms with Crippen LogP contribution in [0.25, 0.3) is 0 Å². The summed E-state index contributed by atoms with van der Waals surface area (Å²) in [7, 11) is -3.64. The van der Waals surface area contributed by atoms with Gasteiger partial charge in [-0.15, -0.1) is 0 Å². The summed E-state index contributed by atoms with van der Waals surface area (Å²) in [4.78, 5) is 27.1. The molecule has 2 aliphatic rings. The molecule has 0 aromatic heterocycles. The molecule has 178 valence electrons. The Kier molecular flexibility index (Phi) is 7.65. The van der Waals surface area contributed by atoms with Gasteiger partial charge in [0.25, 0.3) is 5.91 Å². The molecular formula is C24H36N2O5S. The number of carbonyl (C=O) groups is 2. The van der Waals surface area contributed by atoms with E-state index in [-0.39, 0.29) is 37.6 Å². The fraction of sp³-hybridized carbons (Fsp3) is 0.667. The molecule has 1 aromatic rings. The molecule has 0 aliphatic carbocycles. The minimum atomic E-state index is -3.64. The zero-order chi connectivity index (χ0) is 23.6. The van der Waals surface area contributed by atoms with E-state index in [0.29, 0.717) is 24.3 Å². The lowest BCUT2D eigenvalue weighted by Gasteiger charge is -2.34. The van der Waals surface area contributed by atoms with Crippen molar-refractivity contribution in [3.05, 3.63) is 28.3 Å². The largest absolute Gasteiger partial charge is 0.455 e. The third-order valence-electron chi connectivity index (χ3n) is 7.14. The third kappa shape index (κ3) is 5.01. The van der Waals surface area contributed by atoms with Crippen molar-refractivity contribution in [1.29, 1.82) is 0 Å². The highest BCUT2D eigenvalue weighted by molar-refractivity contribution is 7.89. The Bertz CT molecular complexity index is 954. The summed E-state index contributed by atoms with van der Waals surface area (Å²) in [6.07, 6.45) is 3.88. The summed E-state index contributed by atoms with van der Waals surface area (Å²) in [5.41, 5.74) is 3.47. The van der Waals surface area contributed by atoms with Gasteiger partial charge in [-0.25, -0.2) is 8.42 Å². The molecule has 1 atom stereocenters. The molecular weight excluding hydrogens is 428 g/mol. The Morgan fingerprint density at radius 3 is 2.12 bits per heavy atom. The number of esters is 1. The van der Waals surface area contributed by atoms with Crippen molar-refractivity contribution < 1.29 is 22.7 Å². The van der Waals surface area contributed by atoms with Gasteiger partial charge in [-0.2, -0.15) is 4.31 Å². The standard InChI is InChI=1S/C24H36N2O5S/c1-16-14-17(2)20(5)23(19(16)4)32(29,30)25-12-9-21(10-13-25)24(28)31-15-22(27)26-11-7-6-8-18(26)3/h14,18,21H,6-13,15H2,1-5H3. The maximum absolute atomic E-state index is 13.4. The topological polar surface area (TPSA) is 84.0 Å². The predicted octanol–water partition coefficient (Wildman–Crippen LogP) is 3.27. The van der Waals surface area contributed by atoms with Crippen LogP contribution in [0.4, 0.5) is 0 Å². The Hall–Kier alpha value is -1.93. The van der Waals surface area contributed by atoms with Crippen molar-refractivity contribution in [1.82, 2.24) is 9.21 Å². The Morgan fingerprint density at radius 2 is 1.56 bits per heavy atom. The normalized spacial score (nSPS) is 20.9. The van der Waals surface area contributed by atoms with Crippen LogP contribution >= 0.6 is 0 Å². The number of carbonyl (C=O) groups excluding carboxylic acids is 2. The van der Waals surface area contributed by atoms with E-state index >= 15 is 0 Å². The highest BCUT2D eigenvalue weighted by Crippen LogP contribution is 2.31.